The molecule has 0 radical (unpaired) electrons. The van der Waals surface area contributed by atoms with Gasteiger partial charge in [-0.3, -0.25) is 0 Å². The van der Waals surface area contributed by atoms with Gasteiger partial charge in [-0.1, -0.05) is 29.8 Å². The second-order valence-electron chi connectivity index (χ2n) is 3.58. The third-order valence-electron chi connectivity index (χ3n) is 2.40. The molecule has 0 heterocycles. The molecule has 0 nitrogen and oxygen atoms in total. The van der Waals surface area contributed by atoms with Crippen molar-refractivity contribution in [2.45, 2.75) is 5.38 Å². The highest BCUT2D eigenvalue weighted by Crippen LogP contribution is 2.33. The Hall–Kier alpha value is -1.12. The smallest absolute Gasteiger partial charge is 0.124 e. The Morgan fingerprint density at radius 2 is 1.47 bits per heavy atom. The van der Waals surface area contributed by atoms with E-state index in [0.717, 1.165) is 0 Å². The number of hydrogen-bond acceptors (Lipinski definition) is 0. The summed E-state index contributed by atoms with van der Waals surface area (Å²) < 4.78 is 25.7. The summed E-state index contributed by atoms with van der Waals surface area (Å²) in [4.78, 5) is 0. The second-order valence-corrected chi connectivity index (χ2v) is 4.42. The van der Waals surface area contributed by atoms with Crippen molar-refractivity contribution in [1.29, 1.82) is 0 Å². The molecule has 0 aliphatic carbocycles. The molecule has 4 heteroatoms. The Labute approximate surface area is 108 Å². The zero-order valence-electron chi connectivity index (χ0n) is 8.63. The molecule has 2 aromatic carbocycles. The summed E-state index contributed by atoms with van der Waals surface area (Å²) in [6, 6.07) is 9.82. The molecule has 0 amide bonds. The summed E-state index contributed by atoms with van der Waals surface area (Å²) in [5.41, 5.74) is 1.31. The zero-order chi connectivity index (χ0) is 12.4. The molecular formula is C13H8Cl2F2. The largest absolute Gasteiger partial charge is 0.207 e. The number of benzene rings is 2. The van der Waals surface area contributed by atoms with Crippen LogP contribution in [-0.2, 0) is 0 Å². The minimum atomic E-state index is -0.524. The van der Waals surface area contributed by atoms with Crippen molar-refractivity contribution in [2.75, 3.05) is 0 Å². The molecule has 2 rings (SSSR count). The fourth-order valence-electron chi connectivity index (χ4n) is 1.52. The van der Waals surface area contributed by atoms with E-state index in [1.807, 2.05) is 0 Å². The SMILES string of the molecule is Fc1ccc(C(Cl)c2ccc(F)cc2Cl)cc1. The van der Waals surface area contributed by atoms with Gasteiger partial charge in [0.25, 0.3) is 0 Å². The highest BCUT2D eigenvalue weighted by Gasteiger charge is 2.14. The molecule has 0 aliphatic rings. The molecule has 0 spiro atoms. The first kappa shape index (κ1) is 12.3. The maximum atomic E-state index is 12.9. The van der Waals surface area contributed by atoms with Crippen molar-refractivity contribution in [2.24, 2.45) is 0 Å². The van der Waals surface area contributed by atoms with Crippen molar-refractivity contribution < 1.29 is 8.78 Å². The number of rotatable bonds is 2. The van der Waals surface area contributed by atoms with E-state index in [1.54, 1.807) is 12.1 Å². The van der Waals surface area contributed by atoms with Gasteiger partial charge < -0.3 is 0 Å². The van der Waals surface area contributed by atoms with Gasteiger partial charge >= 0.3 is 0 Å². The van der Waals surface area contributed by atoms with E-state index in [1.165, 1.54) is 30.3 Å². The topological polar surface area (TPSA) is 0 Å². The monoisotopic (exact) mass is 272 g/mol. The maximum absolute atomic E-state index is 12.9. The molecule has 17 heavy (non-hydrogen) atoms. The quantitative estimate of drug-likeness (QED) is 0.679. The Kier molecular flexibility index (Phi) is 3.65. The summed E-state index contributed by atoms with van der Waals surface area (Å²) in [6.45, 7) is 0. The Bertz CT molecular complexity index is 523. The first-order valence-electron chi connectivity index (χ1n) is 4.92. The van der Waals surface area contributed by atoms with Crippen LogP contribution in [0.3, 0.4) is 0 Å². The van der Waals surface area contributed by atoms with Gasteiger partial charge in [0.15, 0.2) is 0 Å². The van der Waals surface area contributed by atoms with Gasteiger partial charge in [-0.25, -0.2) is 8.78 Å². The van der Waals surface area contributed by atoms with E-state index in [2.05, 4.69) is 0 Å². The Morgan fingerprint density at radius 1 is 0.882 bits per heavy atom. The molecule has 88 valence electrons. The van der Waals surface area contributed by atoms with Gasteiger partial charge in [0, 0.05) is 5.02 Å². The van der Waals surface area contributed by atoms with Gasteiger partial charge in [-0.15, -0.1) is 11.6 Å². The molecule has 0 aromatic heterocycles. The van der Waals surface area contributed by atoms with Gasteiger partial charge in [0.1, 0.15) is 11.6 Å². The average molecular weight is 273 g/mol. The van der Waals surface area contributed by atoms with Crippen LogP contribution in [0.2, 0.25) is 5.02 Å². The minimum Gasteiger partial charge on any atom is -0.207 e. The molecule has 2 aromatic rings. The van der Waals surface area contributed by atoms with E-state index < -0.39 is 11.2 Å². The molecule has 0 N–H and O–H groups in total. The molecule has 0 saturated heterocycles. The molecule has 0 saturated carbocycles. The maximum Gasteiger partial charge on any atom is 0.124 e. The number of hydrogen-bond donors (Lipinski definition) is 0. The molecule has 0 aliphatic heterocycles. The van der Waals surface area contributed by atoms with Crippen LogP contribution in [0.15, 0.2) is 42.5 Å². The van der Waals surface area contributed by atoms with Crippen LogP contribution in [0, 0.1) is 11.6 Å². The van der Waals surface area contributed by atoms with E-state index in [-0.39, 0.29) is 10.8 Å². The van der Waals surface area contributed by atoms with Crippen molar-refractivity contribution in [3.63, 3.8) is 0 Å². The summed E-state index contributed by atoms with van der Waals surface area (Å²) in [7, 11) is 0. The highest BCUT2D eigenvalue weighted by molar-refractivity contribution is 6.33. The van der Waals surface area contributed by atoms with Gasteiger partial charge in [0.05, 0.1) is 5.38 Å². The summed E-state index contributed by atoms with van der Waals surface area (Å²) >= 11 is 12.1. The van der Waals surface area contributed by atoms with Crippen LogP contribution < -0.4 is 0 Å². The third-order valence-corrected chi connectivity index (χ3v) is 3.21. The number of alkyl halides is 1. The first-order valence-corrected chi connectivity index (χ1v) is 5.74. The third kappa shape index (κ3) is 2.76. The summed E-state index contributed by atoms with van der Waals surface area (Å²) in [5, 5.41) is -0.266. The van der Waals surface area contributed by atoms with E-state index >= 15 is 0 Å². The van der Waals surface area contributed by atoms with Crippen molar-refractivity contribution in [1.82, 2.24) is 0 Å². The minimum absolute atomic E-state index is 0.259. The molecule has 1 atom stereocenters. The molecule has 0 bridgehead atoms. The summed E-state index contributed by atoms with van der Waals surface area (Å²) in [5.74, 6) is -0.746. The molecule has 1 unspecified atom stereocenters. The van der Waals surface area contributed by atoms with Crippen LogP contribution >= 0.6 is 23.2 Å². The zero-order valence-corrected chi connectivity index (χ0v) is 10.1. The van der Waals surface area contributed by atoms with E-state index in [4.69, 9.17) is 23.2 Å². The van der Waals surface area contributed by atoms with Crippen LogP contribution in [0.25, 0.3) is 0 Å². The molecular weight excluding hydrogens is 265 g/mol. The predicted octanol–water partition coefficient (Wildman–Crippen LogP) is 4.95. The lowest BCUT2D eigenvalue weighted by Crippen LogP contribution is -1.95. The normalized spacial score (nSPS) is 12.5. The molecule has 0 fully saturated rings. The van der Waals surface area contributed by atoms with Gasteiger partial charge in [-0.05, 0) is 35.4 Å². The van der Waals surface area contributed by atoms with Crippen LogP contribution in [0.5, 0.6) is 0 Å². The van der Waals surface area contributed by atoms with E-state index in [9.17, 15) is 8.78 Å². The Morgan fingerprint density at radius 3 is 2.06 bits per heavy atom. The first-order chi connectivity index (χ1) is 8.08. The predicted molar refractivity (Wildman–Crippen MR) is 65.5 cm³/mol. The number of halogens is 4. The van der Waals surface area contributed by atoms with Crippen LogP contribution in [-0.4, -0.2) is 0 Å². The van der Waals surface area contributed by atoms with Gasteiger partial charge in [0.2, 0.25) is 0 Å². The fourth-order valence-corrected chi connectivity index (χ4v) is 2.19. The highest BCUT2D eigenvalue weighted by atomic mass is 35.5. The second kappa shape index (κ2) is 5.03. The lowest BCUT2D eigenvalue weighted by atomic mass is 10.0. The lowest BCUT2D eigenvalue weighted by Gasteiger charge is -2.12. The van der Waals surface area contributed by atoms with Crippen LogP contribution in [0.4, 0.5) is 8.78 Å². The fraction of sp³-hybridized carbons (Fsp3) is 0.0769. The van der Waals surface area contributed by atoms with Crippen molar-refractivity contribution in [3.05, 3.63) is 70.2 Å². The van der Waals surface area contributed by atoms with Crippen molar-refractivity contribution in [3.8, 4) is 0 Å². The average Bonchev–Trinajstić information content (AvgIpc) is 2.29. The van der Waals surface area contributed by atoms with Gasteiger partial charge in [-0.2, -0.15) is 0 Å². The van der Waals surface area contributed by atoms with E-state index in [0.29, 0.717) is 11.1 Å². The van der Waals surface area contributed by atoms with Crippen molar-refractivity contribution >= 4 is 23.2 Å². The summed E-state index contributed by atoms with van der Waals surface area (Å²) in [6.07, 6.45) is 0. The lowest BCUT2D eigenvalue weighted by molar-refractivity contribution is 0.626. The standard InChI is InChI=1S/C13H8Cl2F2/c14-12-7-10(17)5-6-11(12)13(15)8-1-3-9(16)4-2-8/h1-7,13H. The van der Waals surface area contributed by atoms with Crippen LogP contribution in [0.1, 0.15) is 16.5 Å². The Balaban J connectivity index is 2.36.